The van der Waals surface area contributed by atoms with Crippen LogP contribution in [0.5, 0.6) is 0 Å². The summed E-state index contributed by atoms with van der Waals surface area (Å²) in [5, 5.41) is 11.7. The van der Waals surface area contributed by atoms with E-state index in [4.69, 9.17) is 5.11 Å². The first-order valence-corrected chi connectivity index (χ1v) is 7.02. The Morgan fingerprint density at radius 3 is 3.00 bits per heavy atom. The predicted molar refractivity (Wildman–Crippen MR) is 75.6 cm³/mol. The van der Waals surface area contributed by atoms with Gasteiger partial charge in [0.05, 0.1) is 12.1 Å². The van der Waals surface area contributed by atoms with Gasteiger partial charge in [0.1, 0.15) is 0 Å². The molecule has 0 aliphatic carbocycles. The quantitative estimate of drug-likeness (QED) is 0.849. The Kier molecular flexibility index (Phi) is 3.36. The fraction of sp³-hybridized carbons (Fsp3) is 0.538. The van der Waals surface area contributed by atoms with E-state index >= 15 is 0 Å². The van der Waals surface area contributed by atoms with Gasteiger partial charge in [-0.2, -0.15) is 9.50 Å². The highest BCUT2D eigenvalue weighted by atomic mass is 16.4. The molecule has 3 heterocycles. The Bertz CT molecular complexity index is 735. The zero-order chi connectivity index (χ0) is 15.0. The molecule has 0 amide bonds. The van der Waals surface area contributed by atoms with Crippen molar-refractivity contribution in [3.63, 3.8) is 0 Å². The average Bonchev–Trinajstić information content (AvgIpc) is 2.82. The average molecular weight is 291 g/mol. The van der Waals surface area contributed by atoms with Crippen LogP contribution >= 0.6 is 0 Å². The standard InChI is InChI=1S/C13H17N5O3/c1-8-4-2-3-5-17(8)13-15-12-14-9(7-11(20)21)6-10(19)18(12)16-13/h6,8H,2-5,7H2,1H3,(H,20,21)(H,14,15,16). The molecule has 0 spiro atoms. The third-order valence-electron chi connectivity index (χ3n) is 3.78. The SMILES string of the molecule is CC1CCCCN1c1nc2nc(CC(=O)O)cc(=O)n2[nH]1. The molecule has 1 atom stereocenters. The molecular formula is C13H17N5O3. The third-order valence-corrected chi connectivity index (χ3v) is 3.78. The number of carbonyl (C=O) groups is 1. The number of nitrogens with zero attached hydrogens (tertiary/aromatic N) is 4. The second-order valence-electron chi connectivity index (χ2n) is 5.38. The van der Waals surface area contributed by atoms with Crippen molar-refractivity contribution in [3.8, 4) is 0 Å². The summed E-state index contributed by atoms with van der Waals surface area (Å²) in [5.74, 6) is -0.197. The smallest absolute Gasteiger partial charge is 0.309 e. The van der Waals surface area contributed by atoms with Crippen molar-refractivity contribution >= 4 is 17.7 Å². The second kappa shape index (κ2) is 5.19. The number of aromatic amines is 1. The number of aromatic nitrogens is 4. The number of nitrogens with one attached hydrogen (secondary N) is 1. The Morgan fingerprint density at radius 2 is 2.29 bits per heavy atom. The molecule has 0 bridgehead atoms. The topological polar surface area (TPSA) is 104 Å². The molecule has 1 unspecified atom stereocenters. The Hall–Kier alpha value is -2.38. The van der Waals surface area contributed by atoms with E-state index in [1.54, 1.807) is 0 Å². The van der Waals surface area contributed by atoms with Crippen LogP contribution in [0.1, 0.15) is 31.9 Å². The highest BCUT2D eigenvalue weighted by molar-refractivity contribution is 5.69. The van der Waals surface area contributed by atoms with Gasteiger partial charge in [-0.1, -0.05) is 0 Å². The molecule has 1 saturated heterocycles. The van der Waals surface area contributed by atoms with Gasteiger partial charge in [-0.25, -0.2) is 4.98 Å². The van der Waals surface area contributed by atoms with Crippen molar-refractivity contribution in [2.75, 3.05) is 11.4 Å². The van der Waals surface area contributed by atoms with Crippen LogP contribution in [0.4, 0.5) is 5.95 Å². The number of carboxylic acid groups (broad SMARTS) is 1. The van der Waals surface area contributed by atoms with E-state index in [-0.39, 0.29) is 23.5 Å². The lowest BCUT2D eigenvalue weighted by Gasteiger charge is -2.32. The molecule has 2 aromatic rings. The number of fused-ring (bicyclic) bond motifs is 1. The summed E-state index contributed by atoms with van der Waals surface area (Å²) in [7, 11) is 0. The van der Waals surface area contributed by atoms with E-state index in [1.165, 1.54) is 17.0 Å². The summed E-state index contributed by atoms with van der Waals surface area (Å²) in [6.45, 7) is 3.01. The Morgan fingerprint density at radius 1 is 1.48 bits per heavy atom. The van der Waals surface area contributed by atoms with Gasteiger partial charge in [0.25, 0.3) is 11.3 Å². The van der Waals surface area contributed by atoms with Crippen molar-refractivity contribution in [2.24, 2.45) is 0 Å². The molecule has 0 saturated carbocycles. The number of H-pyrrole nitrogens is 1. The van der Waals surface area contributed by atoms with Gasteiger partial charge in [0.2, 0.25) is 5.95 Å². The van der Waals surface area contributed by atoms with Crippen molar-refractivity contribution in [1.82, 2.24) is 19.6 Å². The van der Waals surface area contributed by atoms with Crippen LogP contribution < -0.4 is 10.5 Å². The number of piperidine rings is 1. The molecule has 0 radical (unpaired) electrons. The third kappa shape index (κ3) is 2.61. The number of anilines is 1. The van der Waals surface area contributed by atoms with Crippen molar-refractivity contribution in [1.29, 1.82) is 0 Å². The second-order valence-corrected chi connectivity index (χ2v) is 5.38. The van der Waals surface area contributed by atoms with Gasteiger partial charge in [-0.3, -0.25) is 14.7 Å². The van der Waals surface area contributed by atoms with Crippen molar-refractivity contribution in [3.05, 3.63) is 22.1 Å². The van der Waals surface area contributed by atoms with E-state index in [0.29, 0.717) is 12.0 Å². The van der Waals surface area contributed by atoms with Gasteiger partial charge in [0, 0.05) is 18.7 Å². The summed E-state index contributed by atoms with van der Waals surface area (Å²) in [5.41, 5.74) is -0.128. The van der Waals surface area contributed by atoms with Crippen LogP contribution in [-0.4, -0.2) is 43.2 Å². The molecule has 21 heavy (non-hydrogen) atoms. The van der Waals surface area contributed by atoms with Crippen molar-refractivity contribution < 1.29 is 9.90 Å². The number of rotatable bonds is 3. The lowest BCUT2D eigenvalue weighted by Crippen LogP contribution is -2.38. The fourth-order valence-corrected chi connectivity index (χ4v) is 2.70. The van der Waals surface area contributed by atoms with Crippen LogP contribution in [-0.2, 0) is 11.2 Å². The highest BCUT2D eigenvalue weighted by Crippen LogP contribution is 2.21. The number of aliphatic carboxylic acids is 1. The van der Waals surface area contributed by atoms with E-state index in [9.17, 15) is 9.59 Å². The molecule has 3 rings (SSSR count). The molecule has 1 aliphatic heterocycles. The zero-order valence-corrected chi connectivity index (χ0v) is 11.7. The van der Waals surface area contributed by atoms with E-state index in [2.05, 4.69) is 26.9 Å². The molecule has 1 fully saturated rings. The molecule has 8 heteroatoms. The highest BCUT2D eigenvalue weighted by Gasteiger charge is 2.22. The Balaban J connectivity index is 2.01. The first-order valence-electron chi connectivity index (χ1n) is 7.02. The monoisotopic (exact) mass is 291 g/mol. The van der Waals surface area contributed by atoms with Crippen LogP contribution in [0.2, 0.25) is 0 Å². The molecule has 0 aromatic carbocycles. The lowest BCUT2D eigenvalue weighted by molar-refractivity contribution is -0.136. The minimum Gasteiger partial charge on any atom is -0.481 e. The summed E-state index contributed by atoms with van der Waals surface area (Å²) in [6, 6.07) is 1.58. The summed E-state index contributed by atoms with van der Waals surface area (Å²) in [6.07, 6.45) is 3.09. The first-order chi connectivity index (χ1) is 10.0. The fourth-order valence-electron chi connectivity index (χ4n) is 2.70. The maximum Gasteiger partial charge on any atom is 0.309 e. The van der Waals surface area contributed by atoms with E-state index in [0.717, 1.165) is 19.4 Å². The number of hydrogen-bond donors (Lipinski definition) is 2. The number of carboxylic acids is 1. The van der Waals surface area contributed by atoms with Gasteiger partial charge in [0.15, 0.2) is 0 Å². The Labute approximate surface area is 120 Å². The summed E-state index contributed by atoms with van der Waals surface area (Å²) >= 11 is 0. The number of hydrogen-bond acceptors (Lipinski definition) is 5. The maximum atomic E-state index is 12.0. The molecular weight excluding hydrogens is 274 g/mol. The zero-order valence-electron chi connectivity index (χ0n) is 11.7. The summed E-state index contributed by atoms with van der Waals surface area (Å²) in [4.78, 5) is 33.3. The molecule has 1 aliphatic rings. The van der Waals surface area contributed by atoms with Gasteiger partial charge in [-0.05, 0) is 26.2 Å². The van der Waals surface area contributed by atoms with Crippen LogP contribution in [0.25, 0.3) is 5.78 Å². The van der Waals surface area contributed by atoms with Crippen molar-refractivity contribution in [2.45, 2.75) is 38.6 Å². The first kappa shape index (κ1) is 13.6. The van der Waals surface area contributed by atoms with Gasteiger partial charge >= 0.3 is 5.97 Å². The predicted octanol–water partition coefficient (Wildman–Crippen LogP) is 0.423. The lowest BCUT2D eigenvalue weighted by atomic mass is 10.0. The van der Waals surface area contributed by atoms with Gasteiger partial charge < -0.3 is 10.0 Å². The minimum atomic E-state index is -1.02. The molecule has 112 valence electrons. The molecule has 2 aromatic heterocycles. The largest absolute Gasteiger partial charge is 0.481 e. The van der Waals surface area contributed by atoms with Crippen LogP contribution in [0.15, 0.2) is 10.9 Å². The van der Waals surface area contributed by atoms with E-state index in [1.807, 2.05) is 0 Å². The van der Waals surface area contributed by atoms with Crippen LogP contribution in [0, 0.1) is 0 Å². The molecule has 8 nitrogen and oxygen atoms in total. The normalized spacial score (nSPS) is 19.1. The minimum absolute atomic E-state index is 0.214. The maximum absolute atomic E-state index is 12.0. The summed E-state index contributed by atoms with van der Waals surface area (Å²) < 4.78 is 1.25. The van der Waals surface area contributed by atoms with E-state index < -0.39 is 5.97 Å². The van der Waals surface area contributed by atoms with Crippen LogP contribution in [0.3, 0.4) is 0 Å². The molecule has 2 N–H and O–H groups in total. The van der Waals surface area contributed by atoms with Gasteiger partial charge in [-0.15, -0.1) is 0 Å².